The van der Waals surface area contributed by atoms with E-state index in [0.717, 1.165) is 51.4 Å². The molecule has 0 aromatic carbocycles. The second kappa shape index (κ2) is 13.1. The zero-order valence-corrected chi connectivity index (χ0v) is 30.8. The number of hydrogen-bond donors (Lipinski definition) is 4. The van der Waals surface area contributed by atoms with Crippen LogP contribution < -0.4 is 21.3 Å². The lowest BCUT2D eigenvalue weighted by atomic mass is 9.78. The molecule has 6 atom stereocenters. The average molecular weight is 704 g/mol. The van der Waals surface area contributed by atoms with Crippen LogP contribution in [0.15, 0.2) is 0 Å². The van der Waals surface area contributed by atoms with Gasteiger partial charge in [-0.25, -0.2) is 13.2 Å². The number of fused-ring (bicyclic) bond motifs is 1. The van der Waals surface area contributed by atoms with E-state index in [1.807, 2.05) is 20.8 Å². The predicted octanol–water partition coefficient (Wildman–Crippen LogP) is 2.99. The Morgan fingerprint density at radius 1 is 0.898 bits per heavy atom. The summed E-state index contributed by atoms with van der Waals surface area (Å²) in [6, 6.07) is -3.37. The fourth-order valence-corrected chi connectivity index (χ4v) is 11.5. The summed E-state index contributed by atoms with van der Waals surface area (Å²) in [7, 11) is -3.35. The minimum atomic E-state index is -3.35. The number of ketones is 1. The first kappa shape index (κ1) is 36.1. The third kappa shape index (κ3) is 7.52. The van der Waals surface area contributed by atoms with Crippen LogP contribution in [0.4, 0.5) is 4.79 Å². The van der Waals surface area contributed by atoms with Crippen molar-refractivity contribution >= 4 is 39.4 Å². The average Bonchev–Trinajstić information content (AvgIpc) is 3.98. The Morgan fingerprint density at radius 3 is 2.14 bits per heavy atom. The maximum Gasteiger partial charge on any atom is 0.315 e. The van der Waals surface area contributed by atoms with Crippen molar-refractivity contribution in [3.63, 3.8) is 0 Å². The van der Waals surface area contributed by atoms with Gasteiger partial charge in [-0.15, -0.1) is 0 Å². The highest BCUT2D eigenvalue weighted by molar-refractivity contribution is 7.92. The number of sulfone groups is 1. The Bertz CT molecular complexity index is 1460. The van der Waals surface area contributed by atoms with Crippen molar-refractivity contribution < 1.29 is 32.4 Å². The standard InChI is InChI=1S/C36H57N5O7S/c1-34(2,3)29(39-33(46)40-36(17-7-6-8-18-36)25-10-9-19-49(25,47)48)32(45)41-20-23-26(35(23,4)5)27(41)30(43)38-24(16-13-21-11-12-21)28(42)31(44)37-22-14-15-22/h21-27,29H,6-20H2,1-5H3,(H,37,44)(H,38,43)(H2,39,40,46)/t23-,24-,25+,26-,27-,29+/m0/s1. The smallest absolute Gasteiger partial charge is 0.315 e. The summed E-state index contributed by atoms with van der Waals surface area (Å²) in [5.41, 5.74) is -1.79. The first-order valence-electron chi connectivity index (χ1n) is 18.7. The minimum Gasteiger partial charge on any atom is -0.347 e. The van der Waals surface area contributed by atoms with E-state index < -0.39 is 67.8 Å². The summed E-state index contributed by atoms with van der Waals surface area (Å²) in [6.07, 6.45) is 9.84. The fraction of sp³-hybridized carbons (Fsp3) is 0.861. The second-order valence-electron chi connectivity index (χ2n) is 17.7. The largest absolute Gasteiger partial charge is 0.347 e. The van der Waals surface area contributed by atoms with Crippen LogP contribution in [0.1, 0.15) is 118 Å². The van der Waals surface area contributed by atoms with E-state index in [4.69, 9.17) is 0 Å². The van der Waals surface area contributed by atoms with Crippen molar-refractivity contribution in [2.75, 3.05) is 12.3 Å². The number of carbonyl (C=O) groups is 5. The summed E-state index contributed by atoms with van der Waals surface area (Å²) in [4.78, 5) is 70.1. The third-order valence-corrected chi connectivity index (χ3v) is 14.9. The Hall–Kier alpha value is -2.70. The molecule has 2 heterocycles. The molecule has 274 valence electrons. The monoisotopic (exact) mass is 703 g/mol. The number of carbonyl (C=O) groups excluding carboxylic acids is 5. The highest BCUT2D eigenvalue weighted by atomic mass is 32.2. The molecule has 4 N–H and O–H groups in total. The molecule has 12 nitrogen and oxygen atoms in total. The highest BCUT2D eigenvalue weighted by Crippen LogP contribution is 2.65. The molecule has 4 saturated carbocycles. The molecular formula is C36H57N5O7S. The zero-order valence-electron chi connectivity index (χ0n) is 29.9. The van der Waals surface area contributed by atoms with E-state index in [2.05, 4.69) is 35.1 Å². The topological polar surface area (TPSA) is 171 Å². The summed E-state index contributed by atoms with van der Waals surface area (Å²) in [6.45, 7) is 10.1. The lowest BCUT2D eigenvalue weighted by molar-refractivity contribution is -0.145. The summed E-state index contributed by atoms with van der Waals surface area (Å²) < 4.78 is 26.1. The molecule has 0 radical (unpaired) electrons. The Kier molecular flexibility index (Phi) is 9.67. The molecule has 0 aromatic heterocycles. The van der Waals surface area contributed by atoms with Crippen LogP contribution in [-0.2, 0) is 29.0 Å². The first-order valence-corrected chi connectivity index (χ1v) is 20.4. The van der Waals surface area contributed by atoms with Crippen LogP contribution >= 0.6 is 0 Å². The molecule has 2 saturated heterocycles. The van der Waals surface area contributed by atoms with Crippen molar-refractivity contribution in [3.05, 3.63) is 0 Å². The molecule has 0 bridgehead atoms. The molecule has 0 spiro atoms. The van der Waals surface area contributed by atoms with E-state index in [-0.39, 0.29) is 35.0 Å². The van der Waals surface area contributed by atoms with Crippen molar-refractivity contribution in [3.8, 4) is 0 Å². The molecule has 2 aliphatic heterocycles. The number of rotatable bonds is 12. The molecule has 0 aromatic rings. The molecule has 0 unspecified atom stereocenters. The molecule has 49 heavy (non-hydrogen) atoms. The minimum absolute atomic E-state index is 0.0155. The van der Waals surface area contributed by atoms with E-state index in [1.54, 1.807) is 4.90 Å². The SMILES string of the molecule is CC(C)(C)[C@H](NC(=O)NC1([C@H]2CCCS2(=O)=O)CCCCC1)C(=O)N1C[C@H]2[C@@H]([C@H]1C(=O)N[C@@H](CCC1CC1)C(=O)C(=O)NC1CC1)C2(C)C. The molecular weight excluding hydrogens is 646 g/mol. The van der Waals surface area contributed by atoms with Crippen LogP contribution in [0.5, 0.6) is 0 Å². The van der Waals surface area contributed by atoms with Crippen molar-refractivity contribution in [1.82, 2.24) is 26.2 Å². The number of likely N-dealkylation sites (tertiary alicyclic amines) is 1. The number of Topliss-reactive ketones (excluding diaryl/α,β-unsaturated/α-hetero) is 1. The second-order valence-corrected chi connectivity index (χ2v) is 20.0. The van der Waals surface area contributed by atoms with Gasteiger partial charge in [0.25, 0.3) is 5.91 Å². The van der Waals surface area contributed by atoms with Crippen molar-refractivity contribution in [1.29, 1.82) is 0 Å². The predicted molar refractivity (Wildman–Crippen MR) is 184 cm³/mol. The molecule has 4 aliphatic carbocycles. The lowest BCUT2D eigenvalue weighted by Crippen LogP contribution is -2.65. The molecule has 6 rings (SSSR count). The maximum atomic E-state index is 14.5. The van der Waals surface area contributed by atoms with Crippen LogP contribution in [0.25, 0.3) is 0 Å². The summed E-state index contributed by atoms with van der Waals surface area (Å²) >= 11 is 0. The molecule has 6 fully saturated rings. The third-order valence-electron chi connectivity index (χ3n) is 12.5. The van der Waals surface area contributed by atoms with E-state index >= 15 is 0 Å². The van der Waals surface area contributed by atoms with Crippen LogP contribution in [0.2, 0.25) is 0 Å². The molecule has 6 aliphatic rings. The number of amides is 5. The summed E-state index contributed by atoms with van der Waals surface area (Å²) in [5.74, 6) is -1.55. The maximum absolute atomic E-state index is 14.5. The first-order chi connectivity index (χ1) is 22.9. The van der Waals surface area contributed by atoms with Gasteiger partial charge in [-0.3, -0.25) is 19.2 Å². The van der Waals surface area contributed by atoms with Crippen molar-refractivity contribution in [2.45, 2.75) is 153 Å². The van der Waals surface area contributed by atoms with Gasteiger partial charge in [-0.1, -0.05) is 66.7 Å². The van der Waals surface area contributed by atoms with Gasteiger partial charge >= 0.3 is 6.03 Å². The van der Waals surface area contributed by atoms with Crippen LogP contribution in [0, 0.1) is 28.6 Å². The number of nitrogens with zero attached hydrogens (tertiary/aromatic N) is 1. The lowest BCUT2D eigenvalue weighted by Gasteiger charge is -2.43. The summed E-state index contributed by atoms with van der Waals surface area (Å²) in [5, 5.41) is 11.0. The fourth-order valence-electron chi connectivity index (χ4n) is 9.12. The van der Waals surface area contributed by atoms with Gasteiger partial charge in [0.15, 0.2) is 9.84 Å². The van der Waals surface area contributed by atoms with Gasteiger partial charge in [0.2, 0.25) is 17.6 Å². The van der Waals surface area contributed by atoms with Gasteiger partial charge in [0, 0.05) is 12.6 Å². The van der Waals surface area contributed by atoms with Gasteiger partial charge < -0.3 is 26.2 Å². The van der Waals surface area contributed by atoms with Gasteiger partial charge in [0.1, 0.15) is 12.1 Å². The van der Waals surface area contributed by atoms with Crippen LogP contribution in [-0.4, -0.2) is 90.1 Å². The Labute approximate surface area is 291 Å². The van der Waals surface area contributed by atoms with E-state index in [9.17, 15) is 32.4 Å². The van der Waals surface area contributed by atoms with Gasteiger partial charge in [0.05, 0.1) is 22.6 Å². The highest BCUT2D eigenvalue weighted by Gasteiger charge is 2.70. The molecule has 5 amide bonds. The van der Waals surface area contributed by atoms with Gasteiger partial charge in [-0.05, 0) is 80.0 Å². The Balaban J connectivity index is 1.19. The number of hydrogen-bond acceptors (Lipinski definition) is 7. The number of urea groups is 1. The van der Waals surface area contributed by atoms with E-state index in [1.165, 1.54) is 0 Å². The molecule has 13 heteroatoms. The quantitative estimate of drug-likeness (QED) is 0.227. The van der Waals surface area contributed by atoms with Gasteiger partial charge in [-0.2, -0.15) is 0 Å². The van der Waals surface area contributed by atoms with Crippen molar-refractivity contribution in [2.24, 2.45) is 28.6 Å². The number of nitrogens with one attached hydrogen (secondary N) is 4. The van der Waals surface area contributed by atoms with Crippen LogP contribution in [0.3, 0.4) is 0 Å². The number of piperidine rings is 1. The normalized spacial score (nSPS) is 30.8. The van der Waals surface area contributed by atoms with E-state index in [0.29, 0.717) is 44.6 Å². The Morgan fingerprint density at radius 2 is 1.57 bits per heavy atom. The zero-order chi connectivity index (χ0) is 35.5.